The first kappa shape index (κ1) is 19.8. The first-order valence-corrected chi connectivity index (χ1v) is 8.28. The number of hydrogen-bond acceptors (Lipinski definition) is 5. The third kappa shape index (κ3) is 6.89. The predicted octanol–water partition coefficient (Wildman–Crippen LogP) is 2.95. The zero-order valence-corrected chi connectivity index (χ0v) is 14.7. The van der Waals surface area contributed by atoms with E-state index in [4.69, 9.17) is 14.2 Å². The van der Waals surface area contributed by atoms with Crippen LogP contribution in [-0.4, -0.2) is 39.2 Å². The summed E-state index contributed by atoms with van der Waals surface area (Å²) < 4.78 is 15.4. The lowest BCUT2D eigenvalue weighted by molar-refractivity contribution is -0.121. The molecular weight excluding hydrogens is 310 g/mol. The van der Waals surface area contributed by atoms with Crippen LogP contribution in [0.25, 0.3) is 0 Å². The number of benzene rings is 1. The molecule has 1 aromatic rings. The van der Waals surface area contributed by atoms with Crippen molar-refractivity contribution in [2.75, 3.05) is 27.4 Å². The quantitative estimate of drug-likeness (QED) is 0.496. The van der Waals surface area contributed by atoms with E-state index in [1.165, 1.54) is 14.2 Å². The van der Waals surface area contributed by atoms with Crippen LogP contribution >= 0.6 is 0 Å². The first-order valence-electron chi connectivity index (χ1n) is 8.28. The van der Waals surface area contributed by atoms with Gasteiger partial charge in [-0.3, -0.25) is 4.79 Å². The maximum atomic E-state index is 12.0. The average molecular weight is 337 g/mol. The van der Waals surface area contributed by atoms with Gasteiger partial charge >= 0.3 is 5.97 Å². The molecule has 6 heteroatoms. The van der Waals surface area contributed by atoms with E-state index in [9.17, 15) is 9.59 Å². The number of carbonyl (C=O) groups excluding carboxylic acids is 2. The summed E-state index contributed by atoms with van der Waals surface area (Å²) in [5.74, 6) is 0.540. The van der Waals surface area contributed by atoms with Gasteiger partial charge in [-0.2, -0.15) is 0 Å². The molecule has 1 N–H and O–H groups in total. The normalized spacial score (nSPS) is 10.1. The number of amides is 1. The van der Waals surface area contributed by atoms with Crippen molar-refractivity contribution in [3.05, 3.63) is 23.8 Å². The van der Waals surface area contributed by atoms with Crippen molar-refractivity contribution in [3.63, 3.8) is 0 Å². The van der Waals surface area contributed by atoms with E-state index in [-0.39, 0.29) is 12.5 Å². The lowest BCUT2D eigenvalue weighted by Crippen LogP contribution is -2.27. The van der Waals surface area contributed by atoms with E-state index in [2.05, 4.69) is 12.2 Å². The molecule has 0 saturated carbocycles. The maximum absolute atomic E-state index is 12.0. The highest BCUT2D eigenvalue weighted by atomic mass is 16.5. The molecule has 24 heavy (non-hydrogen) atoms. The molecular formula is C18H27NO5. The van der Waals surface area contributed by atoms with Crippen molar-refractivity contribution in [3.8, 4) is 11.5 Å². The molecule has 0 spiro atoms. The Bertz CT molecular complexity index is 530. The zero-order chi connectivity index (χ0) is 17.8. The van der Waals surface area contributed by atoms with Gasteiger partial charge < -0.3 is 19.5 Å². The van der Waals surface area contributed by atoms with E-state index in [0.29, 0.717) is 30.0 Å². The van der Waals surface area contributed by atoms with Gasteiger partial charge in [0.05, 0.1) is 26.3 Å². The lowest BCUT2D eigenvalue weighted by atomic mass is 10.1. The predicted molar refractivity (Wildman–Crippen MR) is 91.6 cm³/mol. The highest BCUT2D eigenvalue weighted by Gasteiger charge is 2.12. The van der Waals surface area contributed by atoms with E-state index >= 15 is 0 Å². The molecule has 0 fully saturated rings. The molecule has 0 heterocycles. The second-order valence-electron chi connectivity index (χ2n) is 5.37. The van der Waals surface area contributed by atoms with Crippen LogP contribution in [0.4, 0.5) is 0 Å². The van der Waals surface area contributed by atoms with Crippen molar-refractivity contribution >= 4 is 11.9 Å². The van der Waals surface area contributed by atoms with Crippen molar-refractivity contribution in [2.45, 2.75) is 39.0 Å². The molecule has 0 saturated heterocycles. The summed E-state index contributed by atoms with van der Waals surface area (Å²) in [5, 5.41) is 2.75. The number of rotatable bonds is 11. The molecule has 0 aliphatic rings. The largest absolute Gasteiger partial charge is 0.493 e. The van der Waals surface area contributed by atoms with E-state index in [1.807, 2.05) is 0 Å². The molecule has 0 aromatic heterocycles. The fraction of sp³-hybridized carbons (Fsp3) is 0.556. The molecule has 1 rings (SSSR count). The molecule has 6 nitrogen and oxygen atoms in total. The molecule has 0 radical (unpaired) electrons. The van der Waals surface area contributed by atoms with Gasteiger partial charge in [-0.05, 0) is 24.6 Å². The summed E-state index contributed by atoms with van der Waals surface area (Å²) in [6.45, 7) is 2.58. The summed E-state index contributed by atoms with van der Waals surface area (Å²) in [6.07, 6.45) is 4.77. The molecule has 1 aromatic carbocycles. The van der Waals surface area contributed by atoms with E-state index in [1.54, 1.807) is 18.2 Å². The Labute approximate surface area is 143 Å². The van der Waals surface area contributed by atoms with Crippen molar-refractivity contribution in [2.24, 2.45) is 0 Å². The monoisotopic (exact) mass is 337 g/mol. The van der Waals surface area contributed by atoms with Crippen LogP contribution in [0.15, 0.2) is 18.2 Å². The minimum Gasteiger partial charge on any atom is -0.493 e. The van der Waals surface area contributed by atoms with Crippen LogP contribution in [0.2, 0.25) is 0 Å². The summed E-state index contributed by atoms with van der Waals surface area (Å²) in [4.78, 5) is 23.6. The lowest BCUT2D eigenvalue weighted by Gasteiger charge is -2.10. The van der Waals surface area contributed by atoms with Gasteiger partial charge in [0.15, 0.2) is 11.5 Å². The van der Waals surface area contributed by atoms with Crippen molar-refractivity contribution in [1.82, 2.24) is 5.32 Å². The summed E-state index contributed by atoms with van der Waals surface area (Å²) in [7, 11) is 3.03. The van der Waals surface area contributed by atoms with Crippen molar-refractivity contribution < 1.29 is 23.8 Å². The van der Waals surface area contributed by atoms with Gasteiger partial charge in [0, 0.05) is 6.42 Å². The van der Waals surface area contributed by atoms with Crippen LogP contribution in [0, 0.1) is 0 Å². The van der Waals surface area contributed by atoms with Crippen LogP contribution in [0.1, 0.15) is 49.4 Å². The molecule has 0 bridgehead atoms. The third-order valence-corrected chi connectivity index (χ3v) is 3.53. The molecule has 1 amide bonds. The van der Waals surface area contributed by atoms with Gasteiger partial charge in [0.1, 0.15) is 6.61 Å². The summed E-state index contributed by atoms with van der Waals surface area (Å²) >= 11 is 0. The van der Waals surface area contributed by atoms with E-state index in [0.717, 1.165) is 25.7 Å². The molecule has 134 valence electrons. The minimum atomic E-state index is -0.465. The van der Waals surface area contributed by atoms with Gasteiger partial charge in [0.2, 0.25) is 5.91 Å². The second kappa shape index (κ2) is 11.3. The van der Waals surface area contributed by atoms with Crippen LogP contribution in [-0.2, 0) is 9.53 Å². The Hall–Kier alpha value is -2.24. The molecule has 0 aliphatic carbocycles. The maximum Gasteiger partial charge on any atom is 0.338 e. The highest BCUT2D eigenvalue weighted by Crippen LogP contribution is 2.27. The summed E-state index contributed by atoms with van der Waals surface area (Å²) in [6, 6.07) is 4.82. The Morgan fingerprint density at radius 3 is 2.46 bits per heavy atom. The van der Waals surface area contributed by atoms with Gasteiger partial charge in [0.25, 0.3) is 0 Å². The van der Waals surface area contributed by atoms with E-state index < -0.39 is 5.97 Å². The number of nitrogens with one attached hydrogen (secondary N) is 1. The Kier molecular flexibility index (Phi) is 9.34. The smallest absolute Gasteiger partial charge is 0.338 e. The van der Waals surface area contributed by atoms with Crippen LogP contribution in [0.5, 0.6) is 11.5 Å². The second-order valence-corrected chi connectivity index (χ2v) is 5.37. The number of methoxy groups -OCH3 is 2. The molecule has 0 unspecified atom stereocenters. The Balaban J connectivity index is 2.30. The van der Waals surface area contributed by atoms with Gasteiger partial charge in [-0.25, -0.2) is 4.79 Å². The zero-order valence-electron chi connectivity index (χ0n) is 14.7. The highest BCUT2D eigenvalue weighted by molar-refractivity contribution is 5.90. The number of unbranched alkanes of at least 4 members (excludes halogenated alkanes) is 3. The molecule has 0 aliphatic heterocycles. The number of carbonyl (C=O) groups is 2. The fourth-order valence-corrected chi connectivity index (χ4v) is 2.18. The average Bonchev–Trinajstić information content (AvgIpc) is 2.61. The standard InChI is InChI=1S/C18H27NO5/c1-4-5-6-7-8-17(20)19-11-12-24-18(21)14-9-10-15(22-2)16(13-14)23-3/h9-10,13H,4-8,11-12H2,1-3H3,(H,19,20). The number of hydrogen-bond donors (Lipinski definition) is 1. The number of ether oxygens (including phenoxy) is 3. The molecule has 0 atom stereocenters. The fourth-order valence-electron chi connectivity index (χ4n) is 2.18. The first-order chi connectivity index (χ1) is 11.6. The summed E-state index contributed by atoms with van der Waals surface area (Å²) in [5.41, 5.74) is 0.374. The topological polar surface area (TPSA) is 73.9 Å². The Morgan fingerprint density at radius 1 is 1.04 bits per heavy atom. The van der Waals surface area contributed by atoms with Crippen LogP contribution in [0.3, 0.4) is 0 Å². The minimum absolute atomic E-state index is 0.00623. The Morgan fingerprint density at radius 2 is 1.79 bits per heavy atom. The number of esters is 1. The van der Waals surface area contributed by atoms with Crippen molar-refractivity contribution in [1.29, 1.82) is 0 Å². The third-order valence-electron chi connectivity index (χ3n) is 3.53. The van der Waals surface area contributed by atoms with Crippen LogP contribution < -0.4 is 14.8 Å². The SMILES string of the molecule is CCCCCCC(=O)NCCOC(=O)c1ccc(OC)c(OC)c1. The van der Waals surface area contributed by atoms with Gasteiger partial charge in [-0.1, -0.05) is 26.2 Å². The van der Waals surface area contributed by atoms with Gasteiger partial charge in [-0.15, -0.1) is 0 Å².